The molecule has 0 atom stereocenters. The highest BCUT2D eigenvalue weighted by Gasteiger charge is 2.26. The molecule has 0 bridgehead atoms. The molecule has 3 aromatic rings. The van der Waals surface area contributed by atoms with E-state index in [4.69, 9.17) is 23.2 Å². The number of piperidine rings is 1. The third-order valence-electron chi connectivity index (χ3n) is 5.71. The van der Waals surface area contributed by atoms with Gasteiger partial charge in [-0.3, -0.25) is 0 Å². The van der Waals surface area contributed by atoms with Crippen LogP contribution in [0.5, 0.6) is 0 Å². The number of anilines is 2. The van der Waals surface area contributed by atoms with Gasteiger partial charge in [-0.05, 0) is 61.7 Å². The van der Waals surface area contributed by atoms with Crippen molar-refractivity contribution < 1.29 is 16.8 Å². The van der Waals surface area contributed by atoms with Crippen LogP contribution in [0, 0.1) is 0 Å². The van der Waals surface area contributed by atoms with E-state index in [-0.39, 0.29) is 20.8 Å². The summed E-state index contributed by atoms with van der Waals surface area (Å²) in [5.74, 6) is 0.318. The highest BCUT2D eigenvalue weighted by atomic mass is 35.5. The topological polar surface area (TPSA) is 121 Å². The van der Waals surface area contributed by atoms with Crippen LogP contribution in [0.15, 0.2) is 68.2 Å². The second-order valence-electron chi connectivity index (χ2n) is 8.55. The number of benzene rings is 2. The first-order chi connectivity index (χ1) is 18.1. The predicted octanol–water partition coefficient (Wildman–Crippen LogP) is 5.73. The van der Waals surface area contributed by atoms with Crippen LogP contribution < -0.4 is 10.0 Å². The van der Waals surface area contributed by atoms with Crippen LogP contribution in [-0.2, 0) is 20.0 Å². The lowest BCUT2D eigenvalue weighted by Gasteiger charge is -2.25. The summed E-state index contributed by atoms with van der Waals surface area (Å²) >= 11 is 13.3. The fraction of sp³-hybridized carbons (Fsp3) is 0.333. The molecule has 0 unspecified atom stereocenters. The molecule has 1 aliphatic heterocycles. The molecule has 1 aromatic heterocycles. The molecule has 38 heavy (non-hydrogen) atoms. The molecule has 2 N–H and O–H groups in total. The Morgan fingerprint density at radius 1 is 1.00 bits per heavy atom. The summed E-state index contributed by atoms with van der Waals surface area (Å²) in [4.78, 5) is 10.1. The lowest BCUT2D eigenvalue weighted by atomic mass is 10.2. The zero-order valence-electron chi connectivity index (χ0n) is 20.5. The quantitative estimate of drug-likeness (QED) is 0.296. The molecule has 9 nitrogen and oxygen atoms in total. The number of rotatable bonds is 10. The summed E-state index contributed by atoms with van der Waals surface area (Å²) < 4.78 is 55.5. The first-order valence-corrected chi connectivity index (χ1v) is 16.5. The maximum Gasteiger partial charge on any atom is 0.265 e. The third kappa shape index (κ3) is 6.91. The highest BCUT2D eigenvalue weighted by molar-refractivity contribution is 7.99. The summed E-state index contributed by atoms with van der Waals surface area (Å²) in [5, 5.41) is 3.49. The Kier molecular flexibility index (Phi) is 9.43. The van der Waals surface area contributed by atoms with Gasteiger partial charge in [0.25, 0.3) is 10.0 Å². The average molecular weight is 617 g/mol. The molecule has 0 radical (unpaired) electrons. The second kappa shape index (κ2) is 12.4. The maximum atomic E-state index is 12.9. The van der Waals surface area contributed by atoms with E-state index >= 15 is 0 Å². The van der Waals surface area contributed by atoms with Crippen LogP contribution in [0.3, 0.4) is 0 Å². The number of nitrogens with zero attached hydrogens (tertiary/aromatic N) is 3. The molecular formula is C24H27Cl2N5O4S3. The van der Waals surface area contributed by atoms with Gasteiger partial charge >= 0.3 is 0 Å². The van der Waals surface area contributed by atoms with Gasteiger partial charge in [0.1, 0.15) is 10.7 Å². The summed E-state index contributed by atoms with van der Waals surface area (Å²) in [5.41, 5.74) is 0. The lowest BCUT2D eigenvalue weighted by molar-refractivity contribution is 0.346. The van der Waals surface area contributed by atoms with E-state index in [1.54, 1.807) is 24.3 Å². The van der Waals surface area contributed by atoms with Crippen LogP contribution in [-0.4, -0.2) is 50.7 Å². The molecule has 1 saturated heterocycles. The van der Waals surface area contributed by atoms with Crippen LogP contribution in [0.25, 0.3) is 0 Å². The van der Waals surface area contributed by atoms with Crippen LogP contribution in [0.4, 0.5) is 11.8 Å². The molecule has 0 spiro atoms. The monoisotopic (exact) mass is 615 g/mol. The number of hydrogen-bond donors (Lipinski definition) is 2. The zero-order chi connectivity index (χ0) is 27.3. The van der Waals surface area contributed by atoms with Gasteiger partial charge in [0, 0.05) is 35.7 Å². The lowest BCUT2D eigenvalue weighted by Crippen LogP contribution is -2.35. The largest absolute Gasteiger partial charge is 0.369 e. The van der Waals surface area contributed by atoms with Gasteiger partial charge in [-0.15, -0.1) is 0 Å². The fourth-order valence-corrected chi connectivity index (χ4v) is 7.88. The molecular weight excluding hydrogens is 589 g/mol. The molecule has 0 amide bonds. The van der Waals surface area contributed by atoms with Crippen molar-refractivity contribution in [2.45, 2.75) is 52.2 Å². The zero-order valence-corrected chi connectivity index (χ0v) is 24.5. The molecule has 2 aromatic carbocycles. The Hall–Kier alpha value is -2.09. The molecule has 0 saturated carbocycles. The molecule has 2 heterocycles. The Morgan fingerprint density at radius 2 is 1.71 bits per heavy atom. The van der Waals surface area contributed by atoms with E-state index in [2.05, 4.69) is 20.0 Å². The molecule has 204 valence electrons. The minimum Gasteiger partial charge on any atom is -0.369 e. The van der Waals surface area contributed by atoms with E-state index < -0.39 is 20.0 Å². The van der Waals surface area contributed by atoms with E-state index in [0.717, 1.165) is 30.6 Å². The van der Waals surface area contributed by atoms with Crippen LogP contribution in [0.1, 0.15) is 32.6 Å². The Morgan fingerprint density at radius 3 is 2.37 bits per heavy atom. The summed E-state index contributed by atoms with van der Waals surface area (Å²) in [6.07, 6.45) is 5.13. The van der Waals surface area contributed by atoms with Gasteiger partial charge in [-0.1, -0.05) is 48.3 Å². The van der Waals surface area contributed by atoms with Crippen molar-refractivity contribution in [3.8, 4) is 0 Å². The van der Waals surface area contributed by atoms with Gasteiger partial charge in [0.2, 0.25) is 16.0 Å². The minimum atomic E-state index is -4.06. The first kappa shape index (κ1) is 28.9. The van der Waals surface area contributed by atoms with Crippen molar-refractivity contribution in [3.05, 3.63) is 58.7 Å². The van der Waals surface area contributed by atoms with Crippen molar-refractivity contribution in [2.75, 3.05) is 29.7 Å². The standard InChI is InChI=1S/C24H27Cl2N5O4S3/c1-2-12-27-23-21(16-28-24(29-23)30-37(32,33)22-11-6-17(25)15-20(22)26)36-18-7-9-19(10-8-18)38(34,35)31-13-4-3-5-14-31/h6-11,15-16H,2-5,12-14H2,1H3,(H2,27,28,29,30). The third-order valence-corrected chi connectivity index (χ3v) is 10.7. The number of aromatic nitrogens is 2. The van der Waals surface area contributed by atoms with E-state index in [1.807, 2.05) is 6.92 Å². The Bertz CT molecular complexity index is 1500. The van der Waals surface area contributed by atoms with Gasteiger partial charge in [0.05, 0.1) is 14.8 Å². The summed E-state index contributed by atoms with van der Waals surface area (Å²) in [6.45, 7) is 3.69. The minimum absolute atomic E-state index is 0.0211. The van der Waals surface area contributed by atoms with Gasteiger partial charge in [-0.2, -0.15) is 9.29 Å². The van der Waals surface area contributed by atoms with Gasteiger partial charge in [-0.25, -0.2) is 26.5 Å². The van der Waals surface area contributed by atoms with E-state index in [1.165, 1.54) is 40.5 Å². The number of hydrogen-bond acceptors (Lipinski definition) is 8. The Labute approximate surface area is 237 Å². The summed E-state index contributed by atoms with van der Waals surface area (Å²) in [6, 6.07) is 10.8. The van der Waals surface area contributed by atoms with Crippen molar-refractivity contribution >= 4 is 66.8 Å². The van der Waals surface area contributed by atoms with E-state index in [0.29, 0.717) is 35.4 Å². The molecule has 4 rings (SSSR count). The molecule has 1 fully saturated rings. The SMILES string of the molecule is CCCNc1nc(NS(=O)(=O)c2ccc(Cl)cc2Cl)ncc1Sc1ccc(S(=O)(=O)N2CCCCC2)cc1. The second-order valence-corrected chi connectivity index (χ2v) is 14.1. The number of nitrogens with one attached hydrogen (secondary N) is 2. The van der Waals surface area contributed by atoms with Crippen molar-refractivity contribution in [1.29, 1.82) is 0 Å². The fourth-order valence-electron chi connectivity index (χ4n) is 3.79. The highest BCUT2D eigenvalue weighted by Crippen LogP contribution is 2.34. The van der Waals surface area contributed by atoms with Crippen LogP contribution >= 0.6 is 35.0 Å². The maximum absolute atomic E-state index is 12.9. The molecule has 14 heteroatoms. The first-order valence-electron chi connectivity index (χ1n) is 12.0. The van der Waals surface area contributed by atoms with Crippen molar-refractivity contribution in [2.24, 2.45) is 0 Å². The van der Waals surface area contributed by atoms with Gasteiger partial charge in [0.15, 0.2) is 0 Å². The summed E-state index contributed by atoms with van der Waals surface area (Å²) in [7, 11) is -7.58. The van der Waals surface area contributed by atoms with E-state index in [9.17, 15) is 16.8 Å². The smallest absolute Gasteiger partial charge is 0.265 e. The van der Waals surface area contributed by atoms with Crippen LogP contribution in [0.2, 0.25) is 10.0 Å². The molecule has 0 aliphatic carbocycles. The average Bonchev–Trinajstić information content (AvgIpc) is 2.89. The Balaban J connectivity index is 1.54. The van der Waals surface area contributed by atoms with Gasteiger partial charge < -0.3 is 5.32 Å². The van der Waals surface area contributed by atoms with Crippen molar-refractivity contribution in [3.63, 3.8) is 0 Å². The number of sulfonamides is 2. The normalized spacial score (nSPS) is 14.8. The number of halogens is 2. The predicted molar refractivity (Wildman–Crippen MR) is 151 cm³/mol. The van der Waals surface area contributed by atoms with Crippen molar-refractivity contribution in [1.82, 2.24) is 14.3 Å². The molecule has 1 aliphatic rings.